The van der Waals surface area contributed by atoms with Crippen LogP contribution >= 0.6 is 11.8 Å². The van der Waals surface area contributed by atoms with Gasteiger partial charge in [-0.05, 0) is 66.9 Å². The lowest BCUT2D eigenvalue weighted by molar-refractivity contribution is -0.113. The highest BCUT2D eigenvalue weighted by molar-refractivity contribution is 8.19. The molecule has 0 aliphatic carbocycles. The lowest BCUT2D eigenvalue weighted by Crippen LogP contribution is -2.27. The first-order chi connectivity index (χ1) is 16.0. The minimum Gasteiger partial charge on any atom is -0.488 e. The first-order valence-corrected chi connectivity index (χ1v) is 12.0. The number of ether oxygens (including phenoxy) is 1. The van der Waals surface area contributed by atoms with E-state index in [2.05, 4.69) is 19.1 Å². The molecular weight excluding hydrogens is 430 g/mol. The van der Waals surface area contributed by atoms with E-state index < -0.39 is 0 Å². The normalized spacial score (nSPS) is 14.8. The van der Waals surface area contributed by atoms with Gasteiger partial charge in [0.15, 0.2) is 0 Å². The molecule has 168 valence electrons. The van der Waals surface area contributed by atoms with Gasteiger partial charge in [0.2, 0.25) is 0 Å². The van der Waals surface area contributed by atoms with Crippen LogP contribution in [-0.2, 0) is 17.8 Å². The number of rotatable bonds is 8. The third-order valence-corrected chi connectivity index (χ3v) is 6.40. The van der Waals surface area contributed by atoms with Crippen LogP contribution in [0, 0.1) is 6.92 Å². The zero-order valence-corrected chi connectivity index (χ0v) is 19.7. The van der Waals surface area contributed by atoms with E-state index >= 15 is 0 Å². The molecule has 1 heterocycles. The predicted octanol–water partition coefficient (Wildman–Crippen LogP) is 7.16. The summed E-state index contributed by atoms with van der Waals surface area (Å²) in [5.74, 6) is 0.366. The molecule has 0 aromatic heterocycles. The molecule has 3 aromatic carbocycles. The van der Waals surface area contributed by atoms with Gasteiger partial charge in [-0.25, -0.2) is 4.90 Å². The van der Waals surface area contributed by atoms with Gasteiger partial charge in [-0.3, -0.25) is 9.59 Å². The molecule has 1 aliphatic rings. The van der Waals surface area contributed by atoms with Crippen molar-refractivity contribution in [3.63, 3.8) is 0 Å². The molecule has 4 nitrogen and oxygen atoms in total. The summed E-state index contributed by atoms with van der Waals surface area (Å²) in [5, 5.41) is -0.286. The largest absolute Gasteiger partial charge is 0.488 e. The molecule has 1 fully saturated rings. The quantitative estimate of drug-likeness (QED) is 0.337. The maximum absolute atomic E-state index is 13.1. The lowest BCUT2D eigenvalue weighted by Gasteiger charge is -2.13. The highest BCUT2D eigenvalue weighted by Gasteiger charge is 2.36. The van der Waals surface area contributed by atoms with Crippen LogP contribution in [0.5, 0.6) is 5.75 Å². The fourth-order valence-electron chi connectivity index (χ4n) is 3.60. The SMILES string of the molecule is CCCCc1ccc(N2C(=O)S/C(=C\c3ccccc3OCc3ccc(C)cc3)C2=O)cc1. The van der Waals surface area contributed by atoms with Gasteiger partial charge in [-0.1, -0.05) is 73.5 Å². The molecule has 4 rings (SSSR count). The van der Waals surface area contributed by atoms with Crippen LogP contribution in [0.3, 0.4) is 0 Å². The van der Waals surface area contributed by atoms with Crippen molar-refractivity contribution in [1.82, 2.24) is 0 Å². The minimum atomic E-state index is -0.306. The Morgan fingerprint density at radius 1 is 0.909 bits per heavy atom. The number of amides is 2. The Balaban J connectivity index is 1.51. The first kappa shape index (κ1) is 22.9. The number of carbonyl (C=O) groups excluding carboxylic acids is 2. The van der Waals surface area contributed by atoms with Gasteiger partial charge in [-0.15, -0.1) is 0 Å². The van der Waals surface area contributed by atoms with E-state index in [9.17, 15) is 9.59 Å². The number of imide groups is 1. The summed E-state index contributed by atoms with van der Waals surface area (Å²) in [7, 11) is 0. The third-order valence-electron chi connectivity index (χ3n) is 5.53. The Morgan fingerprint density at radius 3 is 2.33 bits per heavy atom. The van der Waals surface area contributed by atoms with E-state index in [4.69, 9.17) is 4.74 Å². The number of thioether (sulfide) groups is 1. The number of nitrogens with zero attached hydrogens (tertiary/aromatic N) is 1. The van der Waals surface area contributed by atoms with Crippen LogP contribution in [0.1, 0.15) is 42.0 Å². The number of hydrogen-bond donors (Lipinski definition) is 0. The summed E-state index contributed by atoms with van der Waals surface area (Å²) in [6.45, 7) is 4.64. The summed E-state index contributed by atoms with van der Waals surface area (Å²) < 4.78 is 6.03. The van der Waals surface area contributed by atoms with E-state index in [1.165, 1.54) is 16.0 Å². The van der Waals surface area contributed by atoms with Crippen molar-refractivity contribution in [1.29, 1.82) is 0 Å². The van der Waals surface area contributed by atoms with E-state index in [0.717, 1.165) is 42.2 Å². The second-order valence-electron chi connectivity index (χ2n) is 8.10. The highest BCUT2D eigenvalue weighted by Crippen LogP contribution is 2.37. The summed E-state index contributed by atoms with van der Waals surface area (Å²) >= 11 is 0.957. The number of unbranched alkanes of at least 4 members (excludes halogenated alkanes) is 1. The number of hydrogen-bond acceptors (Lipinski definition) is 4. The molecule has 1 saturated heterocycles. The van der Waals surface area contributed by atoms with Crippen molar-refractivity contribution in [2.24, 2.45) is 0 Å². The minimum absolute atomic E-state index is 0.286. The summed E-state index contributed by atoms with van der Waals surface area (Å²) in [6, 6.07) is 23.4. The predicted molar refractivity (Wildman–Crippen MR) is 135 cm³/mol. The van der Waals surface area contributed by atoms with Gasteiger partial charge >= 0.3 is 0 Å². The smallest absolute Gasteiger partial charge is 0.298 e. The molecule has 33 heavy (non-hydrogen) atoms. The average molecular weight is 458 g/mol. The Hall–Kier alpha value is -3.31. The second kappa shape index (κ2) is 10.5. The first-order valence-electron chi connectivity index (χ1n) is 11.2. The fourth-order valence-corrected chi connectivity index (χ4v) is 4.43. The molecule has 0 radical (unpaired) electrons. The van der Waals surface area contributed by atoms with Gasteiger partial charge in [0.25, 0.3) is 11.1 Å². The van der Waals surface area contributed by atoms with Gasteiger partial charge in [0.1, 0.15) is 12.4 Å². The zero-order chi connectivity index (χ0) is 23.2. The Kier molecular flexibility index (Phi) is 7.30. The highest BCUT2D eigenvalue weighted by atomic mass is 32.2. The van der Waals surface area contributed by atoms with Gasteiger partial charge < -0.3 is 4.74 Å². The number of aryl methyl sites for hydroxylation is 2. The summed E-state index contributed by atoms with van der Waals surface area (Å²) in [5.41, 5.74) is 4.85. The van der Waals surface area contributed by atoms with Crippen molar-refractivity contribution in [2.75, 3.05) is 4.90 Å². The molecule has 1 aliphatic heterocycles. The van der Waals surface area contributed by atoms with Crippen molar-refractivity contribution in [3.8, 4) is 5.75 Å². The average Bonchev–Trinajstić information content (AvgIpc) is 3.11. The van der Waals surface area contributed by atoms with Crippen LogP contribution in [-0.4, -0.2) is 11.1 Å². The monoisotopic (exact) mass is 457 g/mol. The standard InChI is InChI=1S/C28H27NO3S/c1-3-4-7-21-14-16-24(17-15-21)29-27(30)26(33-28(29)31)18-23-8-5-6-9-25(23)32-19-22-12-10-20(2)11-13-22/h5-6,8-18H,3-4,7,19H2,1-2H3/b26-18-. The lowest BCUT2D eigenvalue weighted by atomic mass is 10.1. The van der Waals surface area contributed by atoms with Crippen molar-refractivity contribution >= 4 is 34.7 Å². The molecule has 2 amide bonds. The van der Waals surface area contributed by atoms with Gasteiger partial charge in [0.05, 0.1) is 10.6 Å². The van der Waals surface area contributed by atoms with E-state index in [1.807, 2.05) is 67.6 Å². The molecule has 3 aromatic rings. The van der Waals surface area contributed by atoms with Crippen molar-refractivity contribution in [3.05, 3.63) is 100.0 Å². The Labute approximate surface area is 199 Å². The number of benzene rings is 3. The van der Waals surface area contributed by atoms with E-state index in [1.54, 1.807) is 6.08 Å². The molecule has 5 heteroatoms. The number of carbonyl (C=O) groups is 2. The topological polar surface area (TPSA) is 46.6 Å². The van der Waals surface area contributed by atoms with Crippen LogP contribution in [0.15, 0.2) is 77.7 Å². The van der Waals surface area contributed by atoms with Crippen LogP contribution in [0.2, 0.25) is 0 Å². The molecule has 0 spiro atoms. The molecular formula is C28H27NO3S. The van der Waals surface area contributed by atoms with Gasteiger partial charge in [0, 0.05) is 5.56 Å². The van der Waals surface area contributed by atoms with Crippen LogP contribution < -0.4 is 9.64 Å². The molecule has 0 atom stereocenters. The van der Waals surface area contributed by atoms with Crippen molar-refractivity contribution in [2.45, 2.75) is 39.7 Å². The van der Waals surface area contributed by atoms with Gasteiger partial charge in [-0.2, -0.15) is 0 Å². The zero-order valence-electron chi connectivity index (χ0n) is 18.9. The molecule has 0 N–H and O–H groups in total. The van der Waals surface area contributed by atoms with Crippen LogP contribution in [0.25, 0.3) is 6.08 Å². The number of para-hydroxylation sites is 1. The Morgan fingerprint density at radius 2 is 1.61 bits per heavy atom. The fraction of sp³-hybridized carbons (Fsp3) is 0.214. The van der Waals surface area contributed by atoms with Crippen molar-refractivity contribution < 1.29 is 14.3 Å². The molecule has 0 unspecified atom stereocenters. The maximum atomic E-state index is 13.1. The Bertz CT molecular complexity index is 1170. The molecule has 0 bridgehead atoms. The summed E-state index contributed by atoms with van der Waals surface area (Å²) in [6.07, 6.45) is 4.99. The summed E-state index contributed by atoms with van der Waals surface area (Å²) in [4.78, 5) is 27.4. The number of anilines is 1. The maximum Gasteiger partial charge on any atom is 0.298 e. The molecule has 0 saturated carbocycles. The third kappa shape index (κ3) is 5.55. The second-order valence-corrected chi connectivity index (χ2v) is 9.09. The van der Waals surface area contributed by atoms with E-state index in [0.29, 0.717) is 22.9 Å². The van der Waals surface area contributed by atoms with E-state index in [-0.39, 0.29) is 11.1 Å². The van der Waals surface area contributed by atoms with Crippen LogP contribution in [0.4, 0.5) is 10.5 Å².